The lowest BCUT2D eigenvalue weighted by molar-refractivity contribution is -0.115. The molecule has 0 spiro atoms. The van der Waals surface area contributed by atoms with E-state index in [0.717, 1.165) is 0 Å². The van der Waals surface area contributed by atoms with Crippen molar-refractivity contribution in [3.8, 4) is 0 Å². The van der Waals surface area contributed by atoms with Crippen LogP contribution in [0, 0.1) is 0 Å². The molecular weight excluding hydrogens is 208 g/mol. The summed E-state index contributed by atoms with van der Waals surface area (Å²) in [5, 5.41) is -3.71. The Morgan fingerprint density at radius 2 is 1.89 bits per heavy atom. The average molecular weight is 209 g/mol. The summed E-state index contributed by atoms with van der Waals surface area (Å²) in [6, 6.07) is 0. The Hall–Kier alpha value is -0.260. The summed E-state index contributed by atoms with van der Waals surface area (Å²) in [5.41, 5.74) is 0. The number of alkyl halides is 3. The normalized spacial score (nSPS) is 10.8. The Labute approximate surface area is 56.4 Å². The van der Waals surface area contributed by atoms with Gasteiger partial charge in [0.1, 0.15) is 0 Å². The second kappa shape index (κ2) is 3.05. The summed E-state index contributed by atoms with van der Waals surface area (Å²) < 4.78 is 47.9. The first-order valence-corrected chi connectivity index (χ1v) is 2.47. The Morgan fingerprint density at radius 1 is 1.44 bits per heavy atom. The third kappa shape index (κ3) is 7.74. The summed E-state index contributed by atoms with van der Waals surface area (Å²) in [5.74, 6) is 0. The highest BCUT2D eigenvalue weighted by Crippen LogP contribution is 2.23. The summed E-state index contributed by atoms with van der Waals surface area (Å²) in [7, 11) is 0. The van der Waals surface area contributed by atoms with Crippen LogP contribution in [0.1, 0.15) is 0 Å². The second-order valence-corrected chi connectivity index (χ2v) is 1.89. The van der Waals surface area contributed by atoms with Gasteiger partial charge in [0.25, 0.3) is 0 Å². The van der Waals surface area contributed by atoms with Crippen LogP contribution < -0.4 is 0 Å². The van der Waals surface area contributed by atoms with Crippen molar-refractivity contribution in [2.75, 3.05) is 0 Å². The molecule has 0 aromatic heterocycles. The Bertz CT molecular complexity index is 113. The number of hydrogen-bond acceptors (Lipinski definition) is 1. The van der Waals surface area contributed by atoms with Crippen LogP contribution in [-0.4, -0.2) is 5.02 Å². The summed E-state index contributed by atoms with van der Waals surface area (Å²) in [6.07, 6.45) is -2.65. The SMILES string of the molecule is FC(F)=COC(F)(F)Br. The molecule has 0 radical (unpaired) electrons. The van der Waals surface area contributed by atoms with Crippen LogP contribution in [0.15, 0.2) is 12.3 Å². The van der Waals surface area contributed by atoms with E-state index in [2.05, 4.69) is 4.74 Å². The lowest BCUT2D eigenvalue weighted by Crippen LogP contribution is -2.05. The fourth-order valence-electron chi connectivity index (χ4n) is 0.111. The molecule has 0 saturated carbocycles. The van der Waals surface area contributed by atoms with E-state index in [-0.39, 0.29) is 6.26 Å². The summed E-state index contributed by atoms with van der Waals surface area (Å²) >= 11 is 1.67. The third-order valence-corrected chi connectivity index (χ3v) is 0.469. The van der Waals surface area contributed by atoms with E-state index in [4.69, 9.17) is 0 Å². The van der Waals surface area contributed by atoms with Crippen molar-refractivity contribution >= 4 is 15.9 Å². The Morgan fingerprint density at radius 3 is 2.00 bits per heavy atom. The van der Waals surface area contributed by atoms with Gasteiger partial charge in [0, 0.05) is 15.9 Å². The molecule has 0 unspecified atom stereocenters. The molecule has 0 rings (SSSR count). The fraction of sp³-hybridized carbons (Fsp3) is 0.333. The van der Waals surface area contributed by atoms with Gasteiger partial charge in [-0.1, -0.05) is 0 Å². The van der Waals surface area contributed by atoms with Crippen molar-refractivity contribution in [3.63, 3.8) is 0 Å². The van der Waals surface area contributed by atoms with Crippen molar-refractivity contribution in [2.24, 2.45) is 0 Å². The Kier molecular flexibility index (Phi) is 2.96. The van der Waals surface area contributed by atoms with Gasteiger partial charge in [0.05, 0.1) is 0 Å². The maximum atomic E-state index is 11.4. The Balaban J connectivity index is 3.64. The molecule has 0 aliphatic rings. The van der Waals surface area contributed by atoms with E-state index in [1.807, 2.05) is 0 Å². The molecule has 0 saturated heterocycles. The van der Waals surface area contributed by atoms with Gasteiger partial charge in [-0.05, 0) is 0 Å². The highest BCUT2D eigenvalue weighted by molar-refractivity contribution is 9.09. The molecule has 0 N–H and O–H groups in total. The van der Waals surface area contributed by atoms with Crippen LogP contribution >= 0.6 is 15.9 Å². The van der Waals surface area contributed by atoms with E-state index in [0.29, 0.717) is 0 Å². The van der Waals surface area contributed by atoms with Crippen LogP contribution in [0.2, 0.25) is 0 Å². The maximum Gasteiger partial charge on any atom is 0.458 e. The van der Waals surface area contributed by atoms with E-state index in [1.54, 1.807) is 15.9 Å². The van der Waals surface area contributed by atoms with Crippen molar-refractivity contribution in [2.45, 2.75) is 5.02 Å². The predicted molar refractivity (Wildman–Crippen MR) is 25.3 cm³/mol. The zero-order valence-corrected chi connectivity index (χ0v) is 5.46. The van der Waals surface area contributed by atoms with Gasteiger partial charge < -0.3 is 4.74 Å². The molecule has 0 heterocycles. The molecule has 1 nitrogen and oxygen atoms in total. The number of halogens is 5. The van der Waals surface area contributed by atoms with Crippen molar-refractivity contribution in [1.82, 2.24) is 0 Å². The first kappa shape index (κ1) is 8.74. The van der Waals surface area contributed by atoms with Crippen LogP contribution in [0.5, 0.6) is 0 Å². The third-order valence-electron chi connectivity index (χ3n) is 0.282. The summed E-state index contributed by atoms with van der Waals surface area (Å²) in [4.78, 5) is 0. The summed E-state index contributed by atoms with van der Waals surface area (Å²) in [6.45, 7) is 0. The topological polar surface area (TPSA) is 9.23 Å². The van der Waals surface area contributed by atoms with Gasteiger partial charge in [0.15, 0.2) is 6.26 Å². The van der Waals surface area contributed by atoms with Crippen LogP contribution in [0.3, 0.4) is 0 Å². The van der Waals surface area contributed by atoms with Crippen molar-refractivity contribution < 1.29 is 22.3 Å². The second-order valence-electron chi connectivity index (χ2n) is 0.971. The molecule has 9 heavy (non-hydrogen) atoms. The minimum atomic E-state index is -3.71. The average Bonchev–Trinajstić information content (AvgIpc) is 1.59. The van der Waals surface area contributed by atoms with Gasteiger partial charge in [-0.25, -0.2) is 0 Å². The molecule has 0 amide bonds. The number of ether oxygens (including phenoxy) is 1. The van der Waals surface area contributed by atoms with E-state index in [9.17, 15) is 17.6 Å². The smallest absolute Gasteiger partial charge is 0.426 e. The van der Waals surface area contributed by atoms with Crippen LogP contribution in [-0.2, 0) is 4.74 Å². The zero-order chi connectivity index (χ0) is 7.49. The number of hydrogen-bond donors (Lipinski definition) is 0. The standard InChI is InChI=1S/C3HBrF4O/c4-3(7,8)9-1-2(5)6/h1H. The highest BCUT2D eigenvalue weighted by Gasteiger charge is 2.24. The van der Waals surface area contributed by atoms with Crippen LogP contribution in [0.4, 0.5) is 17.6 Å². The molecule has 0 aliphatic carbocycles. The minimum Gasteiger partial charge on any atom is -0.426 e. The minimum absolute atomic E-state index is 0.339. The van der Waals surface area contributed by atoms with E-state index >= 15 is 0 Å². The largest absolute Gasteiger partial charge is 0.458 e. The zero-order valence-electron chi connectivity index (χ0n) is 3.88. The molecular formula is C3HBrF4O. The first-order valence-electron chi connectivity index (χ1n) is 1.67. The molecule has 0 aromatic rings. The lowest BCUT2D eigenvalue weighted by atomic mass is 11.0. The predicted octanol–water partition coefficient (Wildman–Crippen LogP) is 2.69. The van der Waals surface area contributed by atoms with E-state index < -0.39 is 11.1 Å². The molecule has 0 aromatic carbocycles. The van der Waals surface area contributed by atoms with Crippen molar-refractivity contribution in [3.05, 3.63) is 12.3 Å². The molecule has 0 fully saturated rings. The molecule has 0 aliphatic heterocycles. The van der Waals surface area contributed by atoms with Gasteiger partial charge in [-0.2, -0.15) is 17.6 Å². The van der Waals surface area contributed by atoms with Gasteiger partial charge in [0.2, 0.25) is 0 Å². The highest BCUT2D eigenvalue weighted by atomic mass is 79.9. The quantitative estimate of drug-likeness (QED) is 0.386. The molecule has 6 heteroatoms. The van der Waals surface area contributed by atoms with Crippen LogP contribution in [0.25, 0.3) is 0 Å². The molecule has 0 bridgehead atoms. The monoisotopic (exact) mass is 208 g/mol. The number of rotatable bonds is 2. The lowest BCUT2D eigenvalue weighted by Gasteiger charge is -2.03. The van der Waals surface area contributed by atoms with Crippen molar-refractivity contribution in [1.29, 1.82) is 0 Å². The van der Waals surface area contributed by atoms with Gasteiger partial charge in [-0.15, -0.1) is 0 Å². The first-order chi connectivity index (χ1) is 3.92. The van der Waals surface area contributed by atoms with Gasteiger partial charge in [-0.3, -0.25) is 0 Å². The molecule has 54 valence electrons. The van der Waals surface area contributed by atoms with E-state index in [1.165, 1.54) is 0 Å². The maximum absolute atomic E-state index is 11.4. The molecule has 0 atom stereocenters. The fourth-order valence-corrected chi connectivity index (χ4v) is 0.205. The van der Waals surface area contributed by atoms with Gasteiger partial charge >= 0.3 is 11.1 Å².